The summed E-state index contributed by atoms with van der Waals surface area (Å²) in [6.45, 7) is 6.05. The minimum Gasteiger partial charge on any atom is -0.448 e. The smallest absolute Gasteiger partial charge is 0.333 e. The average molecular weight is 682 g/mol. The van der Waals surface area contributed by atoms with E-state index in [1.165, 1.54) is 12.7 Å². The minimum absolute atomic E-state index is 0.0103. The second-order valence-corrected chi connectivity index (χ2v) is 15.4. The summed E-state index contributed by atoms with van der Waals surface area (Å²) in [7, 11) is 1.38. The standard InChI is InChI=1S/C36H44FN3O7S/c1-20-12-24-25-10-11-36(33(45)48-19-37,47-31(44)18-46-4)35(25,3)16-29(42)32(24)34(2)15-22-17-39-40(27(22)14-26(20)34)23-7-5-6-21(13-23)28(41)8-9-30(38)43/h5-7,13-14,17,20,24-25,29,32,42H,8-12,15-16,18-19H2,1-4H3,(H2,38,43)/t20-,24-,25-,29-,32+,34-,35-,36-/m0/s1. The first-order valence-electron chi connectivity index (χ1n) is 16.6. The normalized spacial score (nSPS) is 33.5. The fraction of sp³-hybridized carbons (Fsp3) is 0.583. The molecule has 0 unspecified atom stereocenters. The van der Waals surface area contributed by atoms with Crippen molar-refractivity contribution in [1.29, 1.82) is 0 Å². The van der Waals surface area contributed by atoms with Gasteiger partial charge in [0.25, 0.3) is 0 Å². The van der Waals surface area contributed by atoms with Crippen molar-refractivity contribution in [3.8, 4) is 5.69 Å². The summed E-state index contributed by atoms with van der Waals surface area (Å²) in [6, 6.07) is 6.27. The van der Waals surface area contributed by atoms with E-state index in [0.717, 1.165) is 23.4 Å². The topological polar surface area (TPSA) is 151 Å². The highest BCUT2D eigenvalue weighted by Gasteiger charge is 2.71. The van der Waals surface area contributed by atoms with Crippen molar-refractivity contribution < 1.29 is 38.1 Å². The monoisotopic (exact) mass is 681 g/mol. The Morgan fingerprint density at radius 1 is 1.21 bits per heavy atom. The molecule has 4 aliphatic carbocycles. The number of ketones is 1. The highest BCUT2D eigenvalue weighted by molar-refractivity contribution is 8.13. The third-order valence-corrected chi connectivity index (χ3v) is 12.6. The van der Waals surface area contributed by atoms with Gasteiger partial charge in [-0.3, -0.25) is 14.4 Å². The number of allylic oxidation sites excluding steroid dienone is 1. The first-order chi connectivity index (χ1) is 22.8. The Bertz CT molecular complexity index is 1680. The number of nitrogens with two attached hydrogens (primary N) is 1. The Balaban J connectivity index is 1.33. The molecular weight excluding hydrogens is 637 g/mol. The molecular formula is C36H44FN3O7S. The highest BCUT2D eigenvalue weighted by atomic mass is 32.2. The molecule has 1 aromatic heterocycles. The van der Waals surface area contributed by atoms with Gasteiger partial charge in [-0.2, -0.15) is 5.10 Å². The van der Waals surface area contributed by atoms with Gasteiger partial charge in [0.1, 0.15) is 12.6 Å². The molecule has 1 aromatic carbocycles. The van der Waals surface area contributed by atoms with Gasteiger partial charge in [0.2, 0.25) is 11.0 Å². The molecule has 10 nitrogen and oxygen atoms in total. The molecule has 0 aliphatic heterocycles. The van der Waals surface area contributed by atoms with Crippen LogP contribution in [0, 0.1) is 34.5 Å². The lowest BCUT2D eigenvalue weighted by Gasteiger charge is -2.61. The van der Waals surface area contributed by atoms with Crippen LogP contribution in [0.25, 0.3) is 11.8 Å². The molecule has 4 aliphatic rings. The number of methoxy groups -OCH3 is 1. The van der Waals surface area contributed by atoms with Crippen molar-refractivity contribution >= 4 is 40.6 Å². The van der Waals surface area contributed by atoms with E-state index < -0.39 is 45.5 Å². The zero-order valence-electron chi connectivity index (χ0n) is 27.9. The lowest BCUT2D eigenvalue weighted by molar-refractivity contribution is -0.199. The molecule has 0 bridgehead atoms. The van der Waals surface area contributed by atoms with Gasteiger partial charge >= 0.3 is 5.97 Å². The number of benzene rings is 1. The lowest BCUT2D eigenvalue weighted by atomic mass is 9.44. The number of amides is 1. The number of ether oxygens (including phenoxy) is 2. The van der Waals surface area contributed by atoms with E-state index in [4.69, 9.17) is 20.3 Å². The van der Waals surface area contributed by atoms with Crippen molar-refractivity contribution in [3.05, 3.63) is 52.9 Å². The van der Waals surface area contributed by atoms with Gasteiger partial charge < -0.3 is 20.3 Å². The first kappa shape index (κ1) is 34.5. The number of aliphatic hydroxyl groups is 1. The number of primary amides is 1. The van der Waals surface area contributed by atoms with Crippen LogP contribution < -0.4 is 5.73 Å². The molecule has 1 amide bonds. The number of aliphatic hydroxyl groups excluding tert-OH is 1. The highest BCUT2D eigenvalue weighted by Crippen LogP contribution is 2.69. The van der Waals surface area contributed by atoms with Crippen LogP contribution >= 0.6 is 11.8 Å². The molecule has 0 saturated heterocycles. The first-order valence-corrected chi connectivity index (χ1v) is 17.6. The Labute approximate surface area is 284 Å². The lowest BCUT2D eigenvalue weighted by Crippen LogP contribution is -2.63. The average Bonchev–Trinajstić information content (AvgIpc) is 3.57. The van der Waals surface area contributed by atoms with Crippen LogP contribution in [0.4, 0.5) is 4.39 Å². The Hall–Kier alpha value is -3.35. The van der Waals surface area contributed by atoms with Crippen LogP contribution in [0.1, 0.15) is 80.9 Å². The van der Waals surface area contributed by atoms with Crippen LogP contribution in [0.15, 0.2) is 36.0 Å². The van der Waals surface area contributed by atoms with Gasteiger partial charge in [0.15, 0.2) is 11.4 Å². The number of rotatable bonds is 10. The summed E-state index contributed by atoms with van der Waals surface area (Å²) in [4.78, 5) is 50.4. The van der Waals surface area contributed by atoms with Crippen molar-refractivity contribution in [2.75, 3.05) is 19.7 Å². The van der Waals surface area contributed by atoms with Crippen LogP contribution in [0.3, 0.4) is 0 Å². The third-order valence-electron chi connectivity index (χ3n) is 11.9. The molecule has 258 valence electrons. The van der Waals surface area contributed by atoms with E-state index >= 15 is 0 Å². The molecule has 0 radical (unpaired) electrons. The summed E-state index contributed by atoms with van der Waals surface area (Å²) in [5, 5.41) is 16.3. The molecule has 0 spiro atoms. The number of hydrogen-bond donors (Lipinski definition) is 2. The van der Waals surface area contributed by atoms with Crippen molar-refractivity contribution in [3.63, 3.8) is 0 Å². The number of hydrogen-bond acceptors (Lipinski definition) is 9. The number of esters is 1. The van der Waals surface area contributed by atoms with Crippen molar-refractivity contribution in [2.45, 2.75) is 77.4 Å². The van der Waals surface area contributed by atoms with Gasteiger partial charge in [0, 0.05) is 30.9 Å². The van der Waals surface area contributed by atoms with Gasteiger partial charge in [-0.15, -0.1) is 0 Å². The van der Waals surface area contributed by atoms with E-state index in [2.05, 4.69) is 19.9 Å². The number of fused-ring (bicyclic) bond motifs is 6. The molecule has 3 saturated carbocycles. The van der Waals surface area contributed by atoms with Gasteiger partial charge in [-0.25, -0.2) is 13.9 Å². The number of alkyl halides is 1. The molecule has 6 rings (SSSR count). The molecule has 3 N–H and O–H groups in total. The maximum absolute atomic E-state index is 13.6. The fourth-order valence-electron chi connectivity index (χ4n) is 10.1. The van der Waals surface area contributed by atoms with E-state index in [1.807, 2.05) is 23.9 Å². The molecule has 2 aromatic rings. The summed E-state index contributed by atoms with van der Waals surface area (Å²) >= 11 is 0.528. The molecule has 12 heteroatoms. The predicted octanol–water partition coefficient (Wildman–Crippen LogP) is 4.83. The van der Waals surface area contributed by atoms with Crippen molar-refractivity contribution in [2.24, 2.45) is 40.2 Å². The summed E-state index contributed by atoms with van der Waals surface area (Å²) in [5.74, 6) is -1.31. The number of thioether (sulfide) groups is 1. The van der Waals surface area contributed by atoms with Gasteiger partial charge in [-0.1, -0.05) is 38.5 Å². The second kappa shape index (κ2) is 12.8. The van der Waals surface area contributed by atoms with E-state index in [-0.39, 0.29) is 61.7 Å². The zero-order chi connectivity index (χ0) is 34.6. The number of Topliss-reactive ketones (excluding diaryl/α,β-unsaturated/α-hetero) is 1. The zero-order valence-corrected chi connectivity index (χ0v) is 28.7. The van der Waals surface area contributed by atoms with Crippen LogP contribution in [0.5, 0.6) is 0 Å². The van der Waals surface area contributed by atoms with E-state index in [1.54, 1.807) is 18.2 Å². The summed E-state index contributed by atoms with van der Waals surface area (Å²) in [5.41, 5.74) is 6.84. The summed E-state index contributed by atoms with van der Waals surface area (Å²) in [6.07, 6.45) is 5.88. The summed E-state index contributed by atoms with van der Waals surface area (Å²) < 4.78 is 26.4. The molecule has 1 heterocycles. The van der Waals surface area contributed by atoms with Crippen LogP contribution in [0.2, 0.25) is 0 Å². The van der Waals surface area contributed by atoms with Crippen molar-refractivity contribution in [1.82, 2.24) is 9.78 Å². The second-order valence-electron chi connectivity index (χ2n) is 14.5. The van der Waals surface area contributed by atoms with Crippen LogP contribution in [-0.4, -0.2) is 69.1 Å². The van der Waals surface area contributed by atoms with Gasteiger partial charge in [0.05, 0.1) is 23.7 Å². The Kier molecular flexibility index (Phi) is 9.23. The number of carbonyl (C=O) groups is 4. The minimum atomic E-state index is -1.55. The number of nitrogens with zero attached hydrogens (tertiary/aromatic N) is 2. The predicted molar refractivity (Wildman–Crippen MR) is 178 cm³/mol. The molecule has 3 fully saturated rings. The quantitative estimate of drug-likeness (QED) is 0.265. The third kappa shape index (κ3) is 5.44. The number of aromatic nitrogens is 2. The number of carbonyl (C=O) groups excluding carboxylic acids is 4. The van der Waals surface area contributed by atoms with Gasteiger partial charge in [-0.05, 0) is 96.7 Å². The Morgan fingerprint density at radius 3 is 2.69 bits per heavy atom. The van der Waals surface area contributed by atoms with Crippen LogP contribution in [-0.2, 0) is 30.3 Å². The van der Waals surface area contributed by atoms with E-state index in [0.29, 0.717) is 30.2 Å². The van der Waals surface area contributed by atoms with E-state index in [9.17, 15) is 28.7 Å². The Morgan fingerprint density at radius 2 is 1.98 bits per heavy atom. The molecule has 8 atom stereocenters. The molecule has 48 heavy (non-hydrogen) atoms. The fourth-order valence-corrected chi connectivity index (χ4v) is 10.8. The largest absolute Gasteiger partial charge is 0.448 e. The maximum Gasteiger partial charge on any atom is 0.333 e. The SMILES string of the molecule is COCC(=O)O[C@]1(C(=O)SCF)CC[C@H]2[C@@H]3C[C@H](C)C4=Cc5c(cnn5-c5cccc(C(=O)CCC(N)=O)c5)C[C@]4(C)[C@H]3[C@@H](O)C[C@@]21C. The number of halogens is 1. The maximum atomic E-state index is 13.6.